The molecular formula is C73H136N2O22P2. The van der Waals surface area contributed by atoms with Crippen LogP contribution < -0.4 is 10.6 Å². The number of esters is 1. The number of hydrogen-bond acceptors (Lipinski definition) is 18. The molecule has 0 unspecified atom stereocenters. The third-order valence-electron chi connectivity index (χ3n) is 18.3. The predicted octanol–water partition coefficient (Wildman–Crippen LogP) is 14.0. The second kappa shape index (κ2) is 57.7. The van der Waals surface area contributed by atoms with Crippen LogP contribution in [0.15, 0.2) is 12.2 Å². The molecule has 0 aliphatic carbocycles. The van der Waals surface area contributed by atoms with Gasteiger partial charge in [0, 0.05) is 39.4 Å². The summed E-state index contributed by atoms with van der Waals surface area (Å²) in [5, 5.41) is 28.7. The van der Waals surface area contributed by atoms with Crippen molar-refractivity contribution in [3.05, 3.63) is 12.2 Å². The van der Waals surface area contributed by atoms with Gasteiger partial charge in [-0.2, -0.15) is 0 Å². The molecule has 2 aliphatic rings. The maximum absolute atomic E-state index is 14.3. The van der Waals surface area contributed by atoms with Gasteiger partial charge in [0.2, 0.25) is 11.8 Å². The number of phosphoric ester groups is 2. The Morgan fingerprint density at radius 2 is 0.879 bits per heavy atom. The van der Waals surface area contributed by atoms with Crippen LogP contribution in [0.4, 0.5) is 0 Å². The number of hydrogen-bond donors (Lipinski definition) is 8. The number of carbonyl (C=O) groups excluding carboxylic acids is 5. The van der Waals surface area contributed by atoms with Gasteiger partial charge in [-0.15, -0.1) is 0 Å². The van der Waals surface area contributed by atoms with Crippen LogP contribution in [0, 0.1) is 0 Å². The lowest BCUT2D eigenvalue weighted by molar-refractivity contribution is -0.301. The van der Waals surface area contributed by atoms with Crippen molar-refractivity contribution in [3.63, 3.8) is 0 Å². The molecule has 26 heteroatoms. The van der Waals surface area contributed by atoms with Gasteiger partial charge >= 0.3 is 21.6 Å². The van der Waals surface area contributed by atoms with Crippen molar-refractivity contribution in [1.29, 1.82) is 0 Å². The SMILES string of the molecule is CCCCCCC=CCCCC(=O)O[C@H](CCCCCCC)CCO[C@@H]1[C@@H](NC(=O)CC(=O)CCCCCCCCCCC)[C@H](OC[C@H]2O[C@H](OP(=O)(O)O)[C@H](NC(=O)CC(=O)CCCCCCCCCCC)[C@@H](OCC[C@H](O)CCCCCCC)[C@@H]2O)O[C@H](COC)[C@H]1OP(=O)(O)O. The summed E-state index contributed by atoms with van der Waals surface area (Å²) < 4.78 is 79.7. The molecule has 2 aliphatic heterocycles. The highest BCUT2D eigenvalue weighted by molar-refractivity contribution is 7.46. The molecule has 0 aromatic carbocycles. The van der Waals surface area contributed by atoms with Gasteiger partial charge in [0.05, 0.1) is 38.8 Å². The standard InChI is InChI=1S/C73H136N2O22P2/c1-7-12-17-22-25-28-31-36-40-45-58(77)53-63(79)74-66-70(90-51-49-57(76)44-39-34-20-15-10-4)68(82)61(94-73(66)97-99(86,87)88)56-92-72-67(75-64(80)54-59(78)46-41-37-32-29-26-23-18-13-8-2)71(69(96-98(83,84)85)62(95-72)55-89-6)91-52-50-60(47-42-35-21-16-11-5)93-65(81)48-43-38-33-30-27-24-19-14-9-3/h30,33,57,60-62,66-73,76,82H,7-29,31-32,34-56H2,1-6H3,(H,74,79)(H,75,80)(H2,83,84,85)(H2,86,87,88)/t57-,60-,61-,62-,66-,67-,68-,69-,70-,71-,72-,73-/m1/s1. The summed E-state index contributed by atoms with van der Waals surface area (Å²) in [4.78, 5) is 110. The van der Waals surface area contributed by atoms with E-state index in [1.165, 1.54) is 45.6 Å². The minimum Gasteiger partial charge on any atom is -0.462 e. The molecule has 2 fully saturated rings. The van der Waals surface area contributed by atoms with Crippen LogP contribution in [0.25, 0.3) is 0 Å². The number of ketones is 2. The summed E-state index contributed by atoms with van der Waals surface area (Å²) >= 11 is 0. The maximum atomic E-state index is 14.3. The van der Waals surface area contributed by atoms with Gasteiger partial charge in [-0.1, -0.05) is 227 Å². The van der Waals surface area contributed by atoms with Crippen molar-refractivity contribution >= 4 is 45.0 Å². The van der Waals surface area contributed by atoms with Crippen molar-refractivity contribution in [3.8, 4) is 0 Å². The summed E-state index contributed by atoms with van der Waals surface area (Å²) in [5.41, 5.74) is 0. The van der Waals surface area contributed by atoms with Gasteiger partial charge in [0.1, 0.15) is 66.4 Å². The Kier molecular flexibility index (Phi) is 53.9. The fourth-order valence-electron chi connectivity index (χ4n) is 12.7. The number of aliphatic hydroxyl groups is 2. The Balaban J connectivity index is 2.63. The van der Waals surface area contributed by atoms with E-state index in [9.17, 15) is 62.9 Å². The van der Waals surface area contributed by atoms with E-state index in [1.807, 2.05) is 0 Å². The van der Waals surface area contributed by atoms with Crippen LogP contribution in [0.2, 0.25) is 0 Å². The molecule has 2 rings (SSSR count). The highest BCUT2D eigenvalue weighted by Gasteiger charge is 2.53. The Labute approximate surface area is 594 Å². The Morgan fingerprint density at radius 3 is 1.37 bits per heavy atom. The molecule has 99 heavy (non-hydrogen) atoms. The van der Waals surface area contributed by atoms with E-state index < -0.39 is 133 Å². The zero-order valence-corrected chi connectivity index (χ0v) is 63.4. The summed E-state index contributed by atoms with van der Waals surface area (Å²) in [6, 6.07) is -3.26. The average molecular weight is 1460 g/mol. The average Bonchev–Trinajstić information content (AvgIpc) is 0.789. The summed E-state index contributed by atoms with van der Waals surface area (Å²) in [6.45, 7) is 9.07. The molecule has 0 saturated carbocycles. The molecule has 0 bridgehead atoms. The number of amides is 2. The number of allylic oxidation sites excluding steroid dienone is 2. The first-order chi connectivity index (χ1) is 47.6. The molecule has 2 amide bonds. The van der Waals surface area contributed by atoms with Crippen molar-refractivity contribution in [2.75, 3.05) is 33.5 Å². The third-order valence-corrected chi connectivity index (χ3v) is 19.3. The minimum atomic E-state index is -5.51. The number of ether oxygens (including phenoxy) is 7. The largest absolute Gasteiger partial charge is 0.472 e. The third kappa shape index (κ3) is 46.1. The summed E-state index contributed by atoms with van der Waals surface area (Å²) in [6.07, 6.45) is 23.8. The summed E-state index contributed by atoms with van der Waals surface area (Å²) in [5.74, 6) is -2.85. The van der Waals surface area contributed by atoms with E-state index in [1.54, 1.807) is 0 Å². The second-order valence-electron chi connectivity index (χ2n) is 27.4. The van der Waals surface area contributed by atoms with Gasteiger partial charge in [0.25, 0.3) is 0 Å². The second-order valence-corrected chi connectivity index (χ2v) is 29.8. The van der Waals surface area contributed by atoms with Crippen LogP contribution in [0.5, 0.6) is 0 Å². The highest BCUT2D eigenvalue weighted by Crippen LogP contribution is 2.44. The predicted molar refractivity (Wildman–Crippen MR) is 381 cm³/mol. The number of carbonyl (C=O) groups is 5. The van der Waals surface area contributed by atoms with Crippen molar-refractivity contribution in [1.82, 2.24) is 10.6 Å². The molecule has 8 N–H and O–H groups in total. The number of phosphoric acid groups is 2. The first kappa shape index (κ1) is 92.5. The van der Waals surface area contributed by atoms with E-state index in [2.05, 4.69) is 57.4 Å². The smallest absolute Gasteiger partial charge is 0.462 e. The lowest BCUT2D eigenvalue weighted by Gasteiger charge is -2.47. The molecule has 24 nitrogen and oxygen atoms in total. The van der Waals surface area contributed by atoms with E-state index in [4.69, 9.17) is 42.2 Å². The lowest BCUT2D eigenvalue weighted by atomic mass is 9.95. The molecule has 0 radical (unpaired) electrons. The molecule has 0 aromatic rings. The molecule has 580 valence electrons. The van der Waals surface area contributed by atoms with Gasteiger partial charge in [0.15, 0.2) is 12.6 Å². The van der Waals surface area contributed by atoms with Crippen molar-refractivity contribution in [2.45, 2.75) is 391 Å². The molecule has 0 spiro atoms. The highest BCUT2D eigenvalue weighted by atomic mass is 31.2. The van der Waals surface area contributed by atoms with Crippen LogP contribution in [0.3, 0.4) is 0 Å². The van der Waals surface area contributed by atoms with Gasteiger partial charge in [-0.25, -0.2) is 9.13 Å². The number of Topliss-reactive ketones (excluding diaryl/α,β-unsaturated/α-hetero) is 2. The lowest BCUT2D eigenvalue weighted by Crippen LogP contribution is -2.67. The van der Waals surface area contributed by atoms with Crippen LogP contribution in [-0.2, 0) is 75.3 Å². The van der Waals surface area contributed by atoms with Gasteiger partial charge in [-0.3, -0.25) is 33.0 Å². The van der Waals surface area contributed by atoms with Crippen LogP contribution in [0.1, 0.15) is 317 Å². The van der Waals surface area contributed by atoms with Crippen LogP contribution >= 0.6 is 15.6 Å². The number of rotatable bonds is 65. The first-order valence-corrected chi connectivity index (χ1v) is 41.6. The Bertz CT molecular complexity index is 2220. The van der Waals surface area contributed by atoms with Crippen molar-refractivity contribution in [2.24, 2.45) is 0 Å². The van der Waals surface area contributed by atoms with Gasteiger partial charge < -0.3 is 73.6 Å². The summed E-state index contributed by atoms with van der Waals surface area (Å²) in [7, 11) is -9.64. The zero-order valence-electron chi connectivity index (χ0n) is 61.6. The molecular weight excluding hydrogens is 1320 g/mol. The number of methoxy groups -OCH3 is 1. The molecule has 0 aromatic heterocycles. The topological polar surface area (TPSA) is 348 Å². The fourth-order valence-corrected chi connectivity index (χ4v) is 13.7. The Hall–Kier alpha value is -2.61. The molecule has 12 atom stereocenters. The number of aliphatic hydroxyl groups excluding tert-OH is 2. The van der Waals surface area contributed by atoms with E-state index in [0.717, 1.165) is 161 Å². The van der Waals surface area contributed by atoms with E-state index in [0.29, 0.717) is 38.5 Å². The van der Waals surface area contributed by atoms with E-state index >= 15 is 0 Å². The molecule has 2 saturated heterocycles. The van der Waals surface area contributed by atoms with E-state index in [-0.39, 0.29) is 56.9 Å². The van der Waals surface area contributed by atoms with Crippen molar-refractivity contribution < 1.29 is 105 Å². The minimum absolute atomic E-state index is 0.0549. The quantitative estimate of drug-likeness (QED) is 0.00922. The zero-order chi connectivity index (χ0) is 72.9. The van der Waals surface area contributed by atoms with Crippen LogP contribution in [-0.4, -0.2) is 166 Å². The number of unbranched alkanes of at least 4 members (excludes halogenated alkanes) is 29. The number of nitrogens with one attached hydrogen (secondary N) is 2. The maximum Gasteiger partial charge on any atom is 0.472 e. The first-order valence-electron chi connectivity index (χ1n) is 38.5. The fraction of sp³-hybridized carbons (Fsp3) is 0.904. The Morgan fingerprint density at radius 1 is 0.455 bits per heavy atom. The van der Waals surface area contributed by atoms with Gasteiger partial charge in [-0.05, 0) is 64.2 Å². The monoisotopic (exact) mass is 1450 g/mol. The molecule has 2 heterocycles. The normalized spacial score (nSPS) is 22.0.